The lowest BCUT2D eigenvalue weighted by Crippen LogP contribution is -2.30. The lowest BCUT2D eigenvalue weighted by atomic mass is 9.95. The molecule has 0 aromatic rings. The standard InChI is InChI=1S/C11H20O3/c1-5-6-7-8-14-9-11(2,3)10(12)13-4/h5H,1,6-9H2,2-4H3. The van der Waals surface area contributed by atoms with E-state index < -0.39 is 5.41 Å². The summed E-state index contributed by atoms with van der Waals surface area (Å²) in [6.07, 6.45) is 3.74. The van der Waals surface area contributed by atoms with Gasteiger partial charge in [-0.2, -0.15) is 0 Å². The molecule has 3 heteroatoms. The topological polar surface area (TPSA) is 35.5 Å². The van der Waals surface area contributed by atoms with E-state index in [-0.39, 0.29) is 5.97 Å². The van der Waals surface area contributed by atoms with Gasteiger partial charge in [-0.1, -0.05) is 6.08 Å². The fourth-order valence-corrected chi connectivity index (χ4v) is 0.992. The molecule has 0 heterocycles. The van der Waals surface area contributed by atoms with Crippen molar-refractivity contribution in [1.82, 2.24) is 0 Å². The Morgan fingerprint density at radius 1 is 1.50 bits per heavy atom. The van der Waals surface area contributed by atoms with Crippen molar-refractivity contribution in [2.45, 2.75) is 26.7 Å². The molecule has 0 rings (SSSR count). The Bertz CT molecular complexity index is 185. The zero-order chi connectivity index (χ0) is 11.0. The fourth-order valence-electron chi connectivity index (χ4n) is 0.992. The van der Waals surface area contributed by atoms with Gasteiger partial charge in [-0.15, -0.1) is 6.58 Å². The third kappa shape index (κ3) is 5.02. The van der Waals surface area contributed by atoms with Gasteiger partial charge in [0.1, 0.15) is 0 Å². The molecule has 0 fully saturated rings. The van der Waals surface area contributed by atoms with Gasteiger partial charge in [0.15, 0.2) is 0 Å². The molecule has 0 saturated heterocycles. The van der Waals surface area contributed by atoms with Crippen molar-refractivity contribution in [3.05, 3.63) is 12.7 Å². The Labute approximate surface area is 86.1 Å². The van der Waals surface area contributed by atoms with Crippen LogP contribution in [-0.4, -0.2) is 26.3 Å². The smallest absolute Gasteiger partial charge is 0.313 e. The molecule has 0 aromatic carbocycles. The number of carbonyl (C=O) groups is 1. The minimum absolute atomic E-state index is 0.235. The van der Waals surface area contributed by atoms with Crippen LogP contribution in [0.4, 0.5) is 0 Å². The van der Waals surface area contributed by atoms with Gasteiger partial charge < -0.3 is 9.47 Å². The molecule has 0 radical (unpaired) electrons. The number of rotatable bonds is 7. The summed E-state index contributed by atoms with van der Waals surface area (Å²) in [5.74, 6) is -0.235. The van der Waals surface area contributed by atoms with Gasteiger partial charge in [-0.3, -0.25) is 4.79 Å². The van der Waals surface area contributed by atoms with Gasteiger partial charge in [0.25, 0.3) is 0 Å². The van der Waals surface area contributed by atoms with Gasteiger partial charge in [-0.25, -0.2) is 0 Å². The van der Waals surface area contributed by atoms with Crippen molar-refractivity contribution in [3.63, 3.8) is 0 Å². The molecule has 0 spiro atoms. The van der Waals surface area contributed by atoms with Gasteiger partial charge in [0, 0.05) is 6.61 Å². The van der Waals surface area contributed by atoms with Crippen LogP contribution in [0.5, 0.6) is 0 Å². The number of hydrogen-bond acceptors (Lipinski definition) is 3. The predicted molar refractivity (Wildman–Crippen MR) is 56.0 cm³/mol. The van der Waals surface area contributed by atoms with Crippen molar-refractivity contribution in [1.29, 1.82) is 0 Å². The number of ether oxygens (including phenoxy) is 2. The summed E-state index contributed by atoms with van der Waals surface area (Å²) in [4.78, 5) is 11.2. The molecule has 0 saturated carbocycles. The maximum Gasteiger partial charge on any atom is 0.313 e. The highest BCUT2D eigenvalue weighted by Gasteiger charge is 2.28. The van der Waals surface area contributed by atoms with Crippen LogP contribution >= 0.6 is 0 Å². The highest BCUT2D eigenvalue weighted by atomic mass is 16.5. The molecule has 0 aliphatic rings. The first-order valence-electron chi connectivity index (χ1n) is 4.81. The molecule has 0 aliphatic heterocycles. The second kappa shape index (κ2) is 6.60. The van der Waals surface area contributed by atoms with Crippen LogP contribution in [0.15, 0.2) is 12.7 Å². The van der Waals surface area contributed by atoms with E-state index in [9.17, 15) is 4.79 Å². The summed E-state index contributed by atoms with van der Waals surface area (Å²) in [6, 6.07) is 0. The third-order valence-corrected chi connectivity index (χ3v) is 1.90. The van der Waals surface area contributed by atoms with E-state index in [1.54, 1.807) is 0 Å². The van der Waals surface area contributed by atoms with E-state index in [0.29, 0.717) is 13.2 Å². The van der Waals surface area contributed by atoms with Crippen LogP contribution in [0, 0.1) is 5.41 Å². The minimum Gasteiger partial charge on any atom is -0.469 e. The van der Waals surface area contributed by atoms with Gasteiger partial charge in [0.2, 0.25) is 0 Å². The van der Waals surface area contributed by atoms with Crippen LogP contribution in [-0.2, 0) is 14.3 Å². The molecule has 0 unspecified atom stereocenters. The number of methoxy groups -OCH3 is 1. The Hall–Kier alpha value is -0.830. The molecule has 0 aromatic heterocycles. The van der Waals surface area contributed by atoms with Crippen LogP contribution < -0.4 is 0 Å². The van der Waals surface area contributed by atoms with E-state index in [1.165, 1.54) is 7.11 Å². The number of carbonyl (C=O) groups excluding carboxylic acids is 1. The summed E-state index contributed by atoms with van der Waals surface area (Å²) >= 11 is 0. The maximum absolute atomic E-state index is 11.2. The molecular formula is C11H20O3. The first-order valence-corrected chi connectivity index (χ1v) is 4.81. The molecule has 82 valence electrons. The molecule has 0 atom stereocenters. The van der Waals surface area contributed by atoms with E-state index >= 15 is 0 Å². The van der Waals surface area contributed by atoms with Crippen molar-refractivity contribution in [2.75, 3.05) is 20.3 Å². The van der Waals surface area contributed by atoms with Crippen LogP contribution in [0.3, 0.4) is 0 Å². The second-order valence-corrected chi connectivity index (χ2v) is 3.86. The normalized spacial score (nSPS) is 11.1. The number of esters is 1. The predicted octanol–water partition coefficient (Wildman–Crippen LogP) is 2.17. The number of allylic oxidation sites excluding steroid dienone is 1. The zero-order valence-electron chi connectivity index (χ0n) is 9.34. The fraction of sp³-hybridized carbons (Fsp3) is 0.727. The summed E-state index contributed by atoms with van der Waals surface area (Å²) in [6.45, 7) is 8.30. The first kappa shape index (κ1) is 13.2. The highest BCUT2D eigenvalue weighted by Crippen LogP contribution is 2.17. The lowest BCUT2D eigenvalue weighted by molar-refractivity contribution is -0.154. The quantitative estimate of drug-likeness (QED) is 0.359. The van der Waals surface area contributed by atoms with Gasteiger partial charge >= 0.3 is 5.97 Å². The van der Waals surface area contributed by atoms with Crippen LogP contribution in [0.1, 0.15) is 26.7 Å². The van der Waals surface area contributed by atoms with Crippen LogP contribution in [0.2, 0.25) is 0 Å². The Kier molecular flexibility index (Phi) is 6.21. The largest absolute Gasteiger partial charge is 0.469 e. The van der Waals surface area contributed by atoms with Crippen molar-refractivity contribution in [2.24, 2.45) is 5.41 Å². The molecular weight excluding hydrogens is 180 g/mol. The Balaban J connectivity index is 3.65. The highest BCUT2D eigenvalue weighted by molar-refractivity contribution is 5.75. The van der Waals surface area contributed by atoms with E-state index in [2.05, 4.69) is 11.3 Å². The zero-order valence-corrected chi connectivity index (χ0v) is 9.34. The lowest BCUT2D eigenvalue weighted by Gasteiger charge is -2.20. The maximum atomic E-state index is 11.2. The first-order chi connectivity index (χ1) is 6.54. The van der Waals surface area contributed by atoms with E-state index in [0.717, 1.165) is 12.8 Å². The molecule has 0 amide bonds. The molecule has 0 aliphatic carbocycles. The van der Waals surface area contributed by atoms with Crippen LogP contribution in [0.25, 0.3) is 0 Å². The van der Waals surface area contributed by atoms with Crippen molar-refractivity contribution in [3.8, 4) is 0 Å². The molecule has 3 nitrogen and oxygen atoms in total. The third-order valence-electron chi connectivity index (χ3n) is 1.90. The summed E-state index contributed by atoms with van der Waals surface area (Å²) < 4.78 is 10.0. The molecule has 0 N–H and O–H groups in total. The van der Waals surface area contributed by atoms with Crippen molar-refractivity contribution >= 4 is 5.97 Å². The minimum atomic E-state index is -0.553. The Morgan fingerprint density at radius 2 is 2.14 bits per heavy atom. The summed E-state index contributed by atoms with van der Waals surface area (Å²) in [7, 11) is 1.39. The van der Waals surface area contributed by atoms with Gasteiger partial charge in [-0.05, 0) is 26.7 Å². The monoisotopic (exact) mass is 200 g/mol. The molecule has 14 heavy (non-hydrogen) atoms. The second-order valence-electron chi connectivity index (χ2n) is 3.86. The van der Waals surface area contributed by atoms with Gasteiger partial charge in [0.05, 0.1) is 19.1 Å². The number of hydrogen-bond donors (Lipinski definition) is 0. The SMILES string of the molecule is C=CCCCOCC(C)(C)C(=O)OC. The van der Waals surface area contributed by atoms with E-state index in [1.807, 2.05) is 19.9 Å². The Morgan fingerprint density at radius 3 is 2.64 bits per heavy atom. The average molecular weight is 200 g/mol. The number of unbranched alkanes of at least 4 members (excludes halogenated alkanes) is 1. The van der Waals surface area contributed by atoms with Crippen molar-refractivity contribution < 1.29 is 14.3 Å². The molecule has 0 bridgehead atoms. The summed E-state index contributed by atoms with van der Waals surface area (Å²) in [5, 5.41) is 0. The average Bonchev–Trinajstić information content (AvgIpc) is 2.16. The summed E-state index contributed by atoms with van der Waals surface area (Å²) in [5.41, 5.74) is -0.553. The van der Waals surface area contributed by atoms with E-state index in [4.69, 9.17) is 4.74 Å².